The third-order valence-corrected chi connectivity index (χ3v) is 3.98. The van der Waals surface area contributed by atoms with Crippen LogP contribution in [0.25, 0.3) is 0 Å². The minimum absolute atomic E-state index is 0.104. The molecule has 0 aromatic carbocycles. The van der Waals surface area contributed by atoms with Gasteiger partial charge in [0.25, 0.3) is 5.91 Å². The molecular weight excluding hydrogens is 296 g/mol. The van der Waals surface area contributed by atoms with Gasteiger partial charge in [0.15, 0.2) is 0 Å². The van der Waals surface area contributed by atoms with E-state index in [4.69, 9.17) is 9.84 Å². The molecule has 0 aliphatic carbocycles. The molecule has 6 nitrogen and oxygen atoms in total. The van der Waals surface area contributed by atoms with E-state index < -0.39 is 5.97 Å². The highest BCUT2D eigenvalue weighted by molar-refractivity contribution is 5.94. The zero-order chi connectivity index (χ0) is 16.8. The SMILES string of the molecule is CC(C)OCC[C@@H]1CCCCN1C(=O)c1cccc(C(=O)O)n1. The van der Waals surface area contributed by atoms with Gasteiger partial charge in [-0.15, -0.1) is 0 Å². The van der Waals surface area contributed by atoms with Gasteiger partial charge in [0.05, 0.1) is 6.10 Å². The van der Waals surface area contributed by atoms with Crippen LogP contribution in [0.15, 0.2) is 18.2 Å². The fraction of sp³-hybridized carbons (Fsp3) is 0.588. The van der Waals surface area contributed by atoms with E-state index in [0.29, 0.717) is 13.2 Å². The average Bonchev–Trinajstić information content (AvgIpc) is 2.54. The van der Waals surface area contributed by atoms with E-state index >= 15 is 0 Å². The molecule has 0 saturated carbocycles. The second-order valence-corrected chi connectivity index (χ2v) is 6.07. The van der Waals surface area contributed by atoms with E-state index in [1.165, 1.54) is 6.07 Å². The number of amides is 1. The van der Waals surface area contributed by atoms with Crippen molar-refractivity contribution in [1.82, 2.24) is 9.88 Å². The normalized spacial score (nSPS) is 18.2. The Hall–Kier alpha value is -1.95. The summed E-state index contributed by atoms with van der Waals surface area (Å²) in [6.07, 6.45) is 3.98. The molecular formula is C17H24N2O4. The van der Waals surface area contributed by atoms with Crippen LogP contribution in [0.2, 0.25) is 0 Å². The first-order valence-electron chi connectivity index (χ1n) is 8.12. The van der Waals surface area contributed by atoms with Crippen molar-refractivity contribution in [3.63, 3.8) is 0 Å². The predicted octanol–water partition coefficient (Wildman–Crippen LogP) is 2.59. The molecule has 1 amide bonds. The maximum absolute atomic E-state index is 12.7. The van der Waals surface area contributed by atoms with Crippen LogP contribution in [0, 0.1) is 0 Å². The maximum atomic E-state index is 12.7. The molecule has 2 rings (SSSR count). The number of nitrogens with zero attached hydrogens (tertiary/aromatic N) is 2. The van der Waals surface area contributed by atoms with Crippen LogP contribution in [0.1, 0.15) is 60.5 Å². The highest BCUT2D eigenvalue weighted by Crippen LogP contribution is 2.22. The quantitative estimate of drug-likeness (QED) is 0.871. The van der Waals surface area contributed by atoms with Crippen molar-refractivity contribution in [3.05, 3.63) is 29.6 Å². The van der Waals surface area contributed by atoms with E-state index in [1.54, 1.807) is 12.1 Å². The Morgan fingerprint density at radius 3 is 2.78 bits per heavy atom. The smallest absolute Gasteiger partial charge is 0.354 e. The Labute approximate surface area is 136 Å². The number of hydrogen-bond acceptors (Lipinski definition) is 4. The van der Waals surface area contributed by atoms with Gasteiger partial charge in [0.2, 0.25) is 0 Å². The summed E-state index contributed by atoms with van der Waals surface area (Å²) in [7, 11) is 0. The van der Waals surface area contributed by atoms with Crippen molar-refractivity contribution in [2.45, 2.75) is 51.7 Å². The minimum atomic E-state index is -1.12. The zero-order valence-corrected chi connectivity index (χ0v) is 13.7. The van der Waals surface area contributed by atoms with Crippen molar-refractivity contribution in [2.24, 2.45) is 0 Å². The molecule has 1 aromatic rings. The molecule has 0 spiro atoms. The van der Waals surface area contributed by atoms with E-state index in [1.807, 2.05) is 18.7 Å². The van der Waals surface area contributed by atoms with Crippen LogP contribution in [0.4, 0.5) is 0 Å². The van der Waals surface area contributed by atoms with Crippen molar-refractivity contribution < 1.29 is 19.4 Å². The van der Waals surface area contributed by atoms with Gasteiger partial charge < -0.3 is 14.7 Å². The number of aromatic carboxylic acids is 1. The third kappa shape index (κ3) is 4.76. The summed E-state index contributed by atoms with van der Waals surface area (Å²) in [4.78, 5) is 29.5. The Morgan fingerprint density at radius 2 is 2.09 bits per heavy atom. The lowest BCUT2D eigenvalue weighted by Gasteiger charge is -2.35. The van der Waals surface area contributed by atoms with Crippen LogP contribution in [-0.2, 0) is 4.74 Å². The first-order chi connectivity index (χ1) is 11.0. The molecule has 0 radical (unpaired) electrons. The zero-order valence-electron chi connectivity index (χ0n) is 13.7. The number of aromatic nitrogens is 1. The van der Waals surface area contributed by atoms with Gasteiger partial charge in [-0.2, -0.15) is 0 Å². The Balaban J connectivity index is 2.08. The number of rotatable bonds is 6. The summed E-state index contributed by atoms with van der Waals surface area (Å²) in [6.45, 7) is 5.29. The molecule has 1 N–H and O–H groups in total. The molecule has 2 heterocycles. The number of ether oxygens (including phenoxy) is 1. The van der Waals surface area contributed by atoms with Crippen LogP contribution in [-0.4, -0.2) is 52.2 Å². The van der Waals surface area contributed by atoms with Crippen LogP contribution in [0.5, 0.6) is 0 Å². The molecule has 1 aliphatic rings. The van der Waals surface area contributed by atoms with Crippen LogP contribution in [0.3, 0.4) is 0 Å². The summed E-state index contributed by atoms with van der Waals surface area (Å²) < 4.78 is 5.60. The highest BCUT2D eigenvalue weighted by Gasteiger charge is 2.28. The highest BCUT2D eigenvalue weighted by atomic mass is 16.5. The van der Waals surface area contributed by atoms with E-state index in [0.717, 1.165) is 25.7 Å². The van der Waals surface area contributed by atoms with E-state index in [-0.39, 0.29) is 29.4 Å². The number of piperidine rings is 1. The minimum Gasteiger partial charge on any atom is -0.477 e. The number of carbonyl (C=O) groups excluding carboxylic acids is 1. The molecule has 1 atom stereocenters. The Kier molecular flexibility index (Phi) is 6.10. The molecule has 1 saturated heterocycles. The molecule has 23 heavy (non-hydrogen) atoms. The molecule has 1 aromatic heterocycles. The average molecular weight is 320 g/mol. The summed E-state index contributed by atoms with van der Waals surface area (Å²) in [6, 6.07) is 4.66. The Bertz CT molecular complexity index is 559. The van der Waals surface area contributed by atoms with E-state index in [9.17, 15) is 9.59 Å². The van der Waals surface area contributed by atoms with Crippen molar-refractivity contribution >= 4 is 11.9 Å². The first kappa shape index (κ1) is 17.4. The number of carboxylic acid groups (broad SMARTS) is 1. The lowest BCUT2D eigenvalue weighted by Crippen LogP contribution is -2.44. The maximum Gasteiger partial charge on any atom is 0.354 e. The monoisotopic (exact) mass is 320 g/mol. The number of pyridine rings is 1. The number of carbonyl (C=O) groups is 2. The van der Waals surface area contributed by atoms with Crippen molar-refractivity contribution in [2.75, 3.05) is 13.2 Å². The van der Waals surface area contributed by atoms with Crippen LogP contribution < -0.4 is 0 Å². The molecule has 0 unspecified atom stereocenters. The fourth-order valence-corrected chi connectivity index (χ4v) is 2.83. The Morgan fingerprint density at radius 1 is 1.35 bits per heavy atom. The van der Waals surface area contributed by atoms with Crippen molar-refractivity contribution in [3.8, 4) is 0 Å². The van der Waals surface area contributed by atoms with E-state index in [2.05, 4.69) is 4.98 Å². The van der Waals surface area contributed by atoms with Crippen molar-refractivity contribution in [1.29, 1.82) is 0 Å². The second kappa shape index (κ2) is 8.06. The fourth-order valence-electron chi connectivity index (χ4n) is 2.83. The van der Waals surface area contributed by atoms with Gasteiger partial charge in [-0.3, -0.25) is 4.79 Å². The predicted molar refractivity (Wildman–Crippen MR) is 85.6 cm³/mol. The first-order valence-corrected chi connectivity index (χ1v) is 8.12. The second-order valence-electron chi connectivity index (χ2n) is 6.07. The number of carboxylic acids is 1. The molecule has 6 heteroatoms. The number of hydrogen-bond donors (Lipinski definition) is 1. The largest absolute Gasteiger partial charge is 0.477 e. The van der Waals surface area contributed by atoms with Gasteiger partial charge >= 0.3 is 5.97 Å². The third-order valence-electron chi connectivity index (χ3n) is 3.98. The van der Waals surface area contributed by atoms with Gasteiger partial charge in [-0.1, -0.05) is 6.07 Å². The lowest BCUT2D eigenvalue weighted by atomic mass is 9.99. The standard InChI is InChI=1S/C17H24N2O4/c1-12(2)23-11-9-13-6-3-4-10-19(13)16(20)14-7-5-8-15(18-14)17(21)22/h5,7-8,12-13H,3-4,6,9-11H2,1-2H3,(H,21,22)/t13-/m0/s1. The molecule has 1 fully saturated rings. The van der Waals surface area contributed by atoms with Gasteiger partial charge in [-0.05, 0) is 51.7 Å². The molecule has 1 aliphatic heterocycles. The van der Waals surface area contributed by atoms with Gasteiger partial charge in [0.1, 0.15) is 11.4 Å². The molecule has 126 valence electrons. The summed E-state index contributed by atoms with van der Waals surface area (Å²) in [5, 5.41) is 9.02. The van der Waals surface area contributed by atoms with Gasteiger partial charge in [-0.25, -0.2) is 9.78 Å². The summed E-state index contributed by atoms with van der Waals surface area (Å²) >= 11 is 0. The van der Waals surface area contributed by atoms with Gasteiger partial charge in [0, 0.05) is 19.2 Å². The number of likely N-dealkylation sites (tertiary alicyclic amines) is 1. The topological polar surface area (TPSA) is 79.7 Å². The summed E-state index contributed by atoms with van der Waals surface area (Å²) in [5.74, 6) is -1.32. The lowest BCUT2D eigenvalue weighted by molar-refractivity contribution is 0.0395. The van der Waals surface area contributed by atoms with Crippen LogP contribution >= 0.6 is 0 Å². The summed E-state index contributed by atoms with van der Waals surface area (Å²) in [5.41, 5.74) is 0.0918. The molecule has 0 bridgehead atoms.